The molecule has 0 radical (unpaired) electrons. The smallest absolute Gasteiger partial charge is 0.321 e. The van der Waals surface area contributed by atoms with Crippen molar-refractivity contribution < 1.29 is 9.53 Å². The lowest BCUT2D eigenvalue weighted by molar-refractivity contribution is 0.185. The summed E-state index contributed by atoms with van der Waals surface area (Å²) < 4.78 is 5.14. The number of carbonyl (C=O) groups excluding carboxylic acids is 1. The summed E-state index contributed by atoms with van der Waals surface area (Å²) in [6.07, 6.45) is 2.05. The van der Waals surface area contributed by atoms with Gasteiger partial charge in [-0.1, -0.05) is 39.8 Å². The van der Waals surface area contributed by atoms with E-state index in [2.05, 4.69) is 33.0 Å². The average Bonchev–Trinajstić information content (AvgIpc) is 2.47. The van der Waals surface area contributed by atoms with Crippen molar-refractivity contribution in [1.82, 2.24) is 4.90 Å². The maximum absolute atomic E-state index is 12.6. The third-order valence-electron chi connectivity index (χ3n) is 3.73. The lowest BCUT2D eigenvalue weighted by atomic mass is 10.1. The van der Waals surface area contributed by atoms with Crippen LogP contribution in [0.5, 0.6) is 0 Å². The molecule has 23 heavy (non-hydrogen) atoms. The molecule has 0 aliphatic rings. The van der Waals surface area contributed by atoms with Crippen molar-refractivity contribution in [1.29, 1.82) is 0 Å². The molecule has 1 N–H and O–H groups in total. The van der Waals surface area contributed by atoms with Crippen LogP contribution in [-0.2, 0) is 11.3 Å². The van der Waals surface area contributed by atoms with Crippen LogP contribution >= 0.6 is 0 Å². The number of carbonyl (C=O) groups is 1. The molecule has 0 aliphatic carbocycles. The molecular weight excluding hydrogens is 288 g/mol. The van der Waals surface area contributed by atoms with Gasteiger partial charge in [-0.3, -0.25) is 0 Å². The summed E-state index contributed by atoms with van der Waals surface area (Å²) in [7, 11) is 1.67. The predicted octanol–water partition coefficient (Wildman–Crippen LogP) is 4.76. The minimum absolute atomic E-state index is 0.0131. The molecule has 0 unspecified atom stereocenters. The highest BCUT2D eigenvalue weighted by molar-refractivity contribution is 5.89. The molecule has 0 aliphatic heterocycles. The summed E-state index contributed by atoms with van der Waals surface area (Å²) in [6.45, 7) is 10.9. The number of hydrogen-bond donors (Lipinski definition) is 1. The first kappa shape index (κ1) is 19.5. The molecule has 0 saturated carbocycles. The molecule has 0 spiro atoms. The molecule has 0 aromatic heterocycles. The number of nitrogens with zero attached hydrogens (tertiary/aromatic N) is 1. The maximum atomic E-state index is 12.6. The van der Waals surface area contributed by atoms with E-state index in [1.165, 1.54) is 0 Å². The van der Waals surface area contributed by atoms with Crippen LogP contribution in [-0.4, -0.2) is 31.1 Å². The third-order valence-corrected chi connectivity index (χ3v) is 3.73. The summed E-state index contributed by atoms with van der Waals surface area (Å²) in [4.78, 5) is 14.5. The number of methoxy groups -OCH3 is 1. The quantitative estimate of drug-likeness (QED) is 0.713. The van der Waals surface area contributed by atoms with Crippen molar-refractivity contribution in [2.75, 3.05) is 25.5 Å². The van der Waals surface area contributed by atoms with Gasteiger partial charge in [0.1, 0.15) is 0 Å². The normalized spacial score (nSPS) is 11.1. The number of hydrogen-bond acceptors (Lipinski definition) is 2. The standard InChI is InChI=1S/C19H32N2O2/c1-15(2)9-11-21(12-10-16(3)4)19(22)20-18-8-6-7-17(13-18)14-23-5/h6-8,13,15-16H,9-12,14H2,1-5H3,(H,20,22). The average molecular weight is 320 g/mol. The zero-order valence-corrected chi connectivity index (χ0v) is 15.3. The molecule has 0 fully saturated rings. The number of ether oxygens (including phenoxy) is 1. The second kappa shape index (κ2) is 10.3. The maximum Gasteiger partial charge on any atom is 0.321 e. The molecule has 130 valence electrons. The van der Waals surface area contributed by atoms with Gasteiger partial charge in [0.25, 0.3) is 0 Å². The van der Waals surface area contributed by atoms with Gasteiger partial charge in [-0.25, -0.2) is 4.79 Å². The third kappa shape index (κ3) is 8.03. The van der Waals surface area contributed by atoms with Gasteiger partial charge in [-0.05, 0) is 42.4 Å². The minimum atomic E-state index is -0.0131. The molecule has 1 aromatic carbocycles. The molecular formula is C19H32N2O2. The number of nitrogens with one attached hydrogen (secondary N) is 1. The van der Waals surface area contributed by atoms with E-state index in [9.17, 15) is 4.79 Å². The first-order valence-corrected chi connectivity index (χ1v) is 8.56. The Bertz CT molecular complexity index is 460. The van der Waals surface area contributed by atoms with Gasteiger partial charge in [0.2, 0.25) is 0 Å². The fourth-order valence-electron chi connectivity index (χ4n) is 2.25. The zero-order valence-electron chi connectivity index (χ0n) is 15.3. The summed E-state index contributed by atoms with van der Waals surface area (Å²) in [6, 6.07) is 7.80. The summed E-state index contributed by atoms with van der Waals surface area (Å²) in [5, 5.41) is 3.02. The van der Waals surface area contributed by atoms with Gasteiger partial charge < -0.3 is 15.0 Å². The Morgan fingerprint density at radius 1 is 1.13 bits per heavy atom. The Morgan fingerprint density at radius 2 is 1.74 bits per heavy atom. The molecule has 4 nitrogen and oxygen atoms in total. The van der Waals surface area contributed by atoms with E-state index in [-0.39, 0.29) is 6.03 Å². The van der Waals surface area contributed by atoms with Crippen LogP contribution in [0.4, 0.5) is 10.5 Å². The minimum Gasteiger partial charge on any atom is -0.380 e. The Balaban J connectivity index is 2.68. The fourth-order valence-corrected chi connectivity index (χ4v) is 2.25. The lowest BCUT2D eigenvalue weighted by Gasteiger charge is -2.25. The van der Waals surface area contributed by atoms with Crippen molar-refractivity contribution in [2.24, 2.45) is 11.8 Å². The van der Waals surface area contributed by atoms with Gasteiger partial charge >= 0.3 is 6.03 Å². The van der Waals surface area contributed by atoms with Crippen LogP contribution < -0.4 is 5.32 Å². The van der Waals surface area contributed by atoms with Crippen molar-refractivity contribution in [3.05, 3.63) is 29.8 Å². The molecule has 0 saturated heterocycles. The Kier molecular flexibility index (Phi) is 8.70. The summed E-state index contributed by atoms with van der Waals surface area (Å²) >= 11 is 0. The molecule has 0 heterocycles. The zero-order chi connectivity index (χ0) is 17.2. The fraction of sp³-hybridized carbons (Fsp3) is 0.632. The van der Waals surface area contributed by atoms with Crippen LogP contribution in [0.15, 0.2) is 24.3 Å². The highest BCUT2D eigenvalue weighted by Gasteiger charge is 2.14. The Morgan fingerprint density at radius 3 is 2.26 bits per heavy atom. The first-order chi connectivity index (χ1) is 10.9. The van der Waals surface area contributed by atoms with E-state index < -0.39 is 0 Å². The molecule has 2 amide bonds. The number of urea groups is 1. The van der Waals surface area contributed by atoms with Gasteiger partial charge in [-0.15, -0.1) is 0 Å². The van der Waals surface area contributed by atoms with E-state index in [1.54, 1.807) is 7.11 Å². The van der Waals surface area contributed by atoms with Gasteiger partial charge in [-0.2, -0.15) is 0 Å². The predicted molar refractivity (Wildman–Crippen MR) is 96.7 cm³/mol. The van der Waals surface area contributed by atoms with Gasteiger partial charge in [0, 0.05) is 25.9 Å². The van der Waals surface area contributed by atoms with E-state index in [4.69, 9.17) is 4.74 Å². The Labute approximate surface area is 141 Å². The SMILES string of the molecule is COCc1cccc(NC(=O)N(CCC(C)C)CCC(C)C)c1. The van der Waals surface area contributed by atoms with Crippen molar-refractivity contribution in [3.8, 4) is 0 Å². The van der Waals surface area contributed by atoms with E-state index in [0.717, 1.165) is 37.2 Å². The first-order valence-electron chi connectivity index (χ1n) is 8.56. The highest BCUT2D eigenvalue weighted by atomic mass is 16.5. The number of anilines is 1. The van der Waals surface area contributed by atoms with Crippen LogP contribution in [0.25, 0.3) is 0 Å². The van der Waals surface area contributed by atoms with Gasteiger partial charge in [0.05, 0.1) is 6.61 Å². The van der Waals surface area contributed by atoms with Crippen LogP contribution in [0.1, 0.15) is 46.1 Å². The van der Waals surface area contributed by atoms with E-state index in [0.29, 0.717) is 18.4 Å². The monoisotopic (exact) mass is 320 g/mol. The summed E-state index contributed by atoms with van der Waals surface area (Å²) in [5.74, 6) is 1.18. The molecule has 0 bridgehead atoms. The Hall–Kier alpha value is -1.55. The van der Waals surface area contributed by atoms with E-state index >= 15 is 0 Å². The largest absolute Gasteiger partial charge is 0.380 e. The lowest BCUT2D eigenvalue weighted by Crippen LogP contribution is -2.37. The molecule has 0 atom stereocenters. The van der Waals surface area contributed by atoms with Crippen molar-refractivity contribution in [3.63, 3.8) is 0 Å². The summed E-state index contributed by atoms with van der Waals surface area (Å²) in [5.41, 5.74) is 1.88. The number of benzene rings is 1. The topological polar surface area (TPSA) is 41.6 Å². The second-order valence-electron chi connectivity index (χ2n) is 6.92. The molecule has 1 aromatic rings. The van der Waals surface area contributed by atoms with Crippen molar-refractivity contribution >= 4 is 11.7 Å². The van der Waals surface area contributed by atoms with Crippen LogP contribution in [0.2, 0.25) is 0 Å². The van der Waals surface area contributed by atoms with Gasteiger partial charge in [0.15, 0.2) is 0 Å². The second-order valence-corrected chi connectivity index (χ2v) is 6.92. The van der Waals surface area contributed by atoms with E-state index in [1.807, 2.05) is 29.2 Å². The van der Waals surface area contributed by atoms with Crippen molar-refractivity contribution in [2.45, 2.75) is 47.1 Å². The number of rotatable bonds is 9. The number of amides is 2. The molecule has 1 rings (SSSR count). The van der Waals surface area contributed by atoms with Crippen LogP contribution in [0, 0.1) is 11.8 Å². The highest BCUT2D eigenvalue weighted by Crippen LogP contribution is 2.14. The van der Waals surface area contributed by atoms with Crippen LogP contribution in [0.3, 0.4) is 0 Å². The molecule has 4 heteroatoms.